The average Bonchev–Trinajstić information content (AvgIpc) is 3.43. The highest BCUT2D eigenvalue weighted by Crippen LogP contribution is 2.42. The lowest BCUT2D eigenvalue weighted by molar-refractivity contribution is 0.100. The molecule has 1 saturated heterocycles. The number of nitrogens with one attached hydrogen (secondary N) is 3. The number of primary amides is 1. The van der Waals surface area contributed by atoms with Crippen molar-refractivity contribution in [3.8, 4) is 22.5 Å². The number of nitrogens with two attached hydrogens (primary N) is 1. The van der Waals surface area contributed by atoms with Crippen LogP contribution in [0.25, 0.3) is 22.5 Å². The lowest BCUT2D eigenvalue weighted by Crippen LogP contribution is -2.27. The van der Waals surface area contributed by atoms with E-state index in [1.165, 1.54) is 11.3 Å². The van der Waals surface area contributed by atoms with E-state index in [1.54, 1.807) is 30.6 Å². The van der Waals surface area contributed by atoms with Crippen LogP contribution < -0.4 is 16.4 Å². The second-order valence-corrected chi connectivity index (χ2v) is 10.3. The van der Waals surface area contributed by atoms with Gasteiger partial charge in [0.1, 0.15) is 10.2 Å². The molecule has 4 heterocycles. The molecule has 174 valence electrons. The van der Waals surface area contributed by atoms with Crippen LogP contribution in [0.15, 0.2) is 42.7 Å². The molecule has 0 unspecified atom stereocenters. The molecule has 0 atom stereocenters. The summed E-state index contributed by atoms with van der Waals surface area (Å²) in [7, 11) is 0. The smallest absolute Gasteiger partial charge is 0.248 e. The predicted molar refractivity (Wildman–Crippen MR) is 136 cm³/mol. The number of hydrogen-bond acceptors (Lipinski definition) is 7. The van der Waals surface area contributed by atoms with Crippen LogP contribution in [0.3, 0.4) is 0 Å². The molecule has 1 fully saturated rings. The van der Waals surface area contributed by atoms with Gasteiger partial charge in [-0.3, -0.25) is 4.79 Å². The van der Waals surface area contributed by atoms with Crippen molar-refractivity contribution >= 4 is 52.1 Å². The fourth-order valence-electron chi connectivity index (χ4n) is 3.99. The van der Waals surface area contributed by atoms with Crippen molar-refractivity contribution < 1.29 is 4.79 Å². The Labute approximate surface area is 210 Å². The van der Waals surface area contributed by atoms with Crippen LogP contribution >= 0.6 is 34.5 Å². The third-order valence-electron chi connectivity index (χ3n) is 5.70. The van der Waals surface area contributed by atoms with Crippen LogP contribution in [0.1, 0.15) is 34.9 Å². The van der Waals surface area contributed by atoms with E-state index in [4.69, 9.17) is 33.9 Å². The number of carbonyl (C=O) groups excluding carboxylic acids is 1. The number of anilines is 2. The van der Waals surface area contributed by atoms with Gasteiger partial charge in [0.2, 0.25) is 11.9 Å². The number of piperidine rings is 1. The van der Waals surface area contributed by atoms with Gasteiger partial charge in [-0.05, 0) is 50.2 Å². The fraction of sp³-hybridized carbons (Fsp3) is 0.217. The van der Waals surface area contributed by atoms with Crippen LogP contribution in [-0.4, -0.2) is 38.9 Å². The van der Waals surface area contributed by atoms with E-state index in [1.807, 2.05) is 12.1 Å². The highest BCUT2D eigenvalue weighted by molar-refractivity contribution is 7.20. The van der Waals surface area contributed by atoms with Gasteiger partial charge in [-0.1, -0.05) is 29.3 Å². The van der Waals surface area contributed by atoms with Crippen LogP contribution in [-0.2, 0) is 0 Å². The molecule has 1 aromatic carbocycles. The zero-order chi connectivity index (χ0) is 23.7. The Kier molecular flexibility index (Phi) is 6.51. The highest BCUT2D eigenvalue weighted by atomic mass is 35.5. The van der Waals surface area contributed by atoms with E-state index in [-0.39, 0.29) is 0 Å². The van der Waals surface area contributed by atoms with E-state index >= 15 is 0 Å². The van der Waals surface area contributed by atoms with Crippen molar-refractivity contribution in [3.05, 3.63) is 62.8 Å². The number of imidazole rings is 1. The number of carbonyl (C=O) groups is 1. The third kappa shape index (κ3) is 4.78. The van der Waals surface area contributed by atoms with Crippen LogP contribution in [0.4, 0.5) is 11.6 Å². The maximum absolute atomic E-state index is 11.4. The van der Waals surface area contributed by atoms with Gasteiger partial charge in [-0.2, -0.15) is 0 Å². The van der Waals surface area contributed by atoms with Crippen molar-refractivity contribution in [3.63, 3.8) is 0 Å². The summed E-state index contributed by atoms with van der Waals surface area (Å²) in [5.41, 5.74) is 9.52. The largest absolute Gasteiger partial charge is 0.366 e. The number of hydrogen-bond donors (Lipinski definition) is 4. The molecule has 5 N–H and O–H groups in total. The van der Waals surface area contributed by atoms with Crippen molar-refractivity contribution in [2.24, 2.45) is 5.73 Å². The summed E-state index contributed by atoms with van der Waals surface area (Å²) in [4.78, 5) is 28.8. The molecular weight excluding hydrogens is 493 g/mol. The van der Waals surface area contributed by atoms with Gasteiger partial charge < -0.3 is 21.4 Å². The van der Waals surface area contributed by atoms with Gasteiger partial charge in [0.15, 0.2) is 0 Å². The van der Waals surface area contributed by atoms with Gasteiger partial charge in [-0.15, -0.1) is 11.3 Å². The number of halogens is 2. The summed E-state index contributed by atoms with van der Waals surface area (Å²) in [6.07, 6.45) is 5.44. The Balaban J connectivity index is 1.47. The lowest BCUT2D eigenvalue weighted by Gasteiger charge is -2.20. The van der Waals surface area contributed by atoms with E-state index in [0.717, 1.165) is 54.3 Å². The molecule has 0 bridgehead atoms. The summed E-state index contributed by atoms with van der Waals surface area (Å²) >= 11 is 14.0. The van der Waals surface area contributed by atoms with Gasteiger partial charge >= 0.3 is 0 Å². The predicted octanol–water partition coefficient (Wildman–Crippen LogP) is 5.21. The number of thiophene rings is 1. The summed E-state index contributed by atoms with van der Waals surface area (Å²) in [6.45, 7) is 1.92. The van der Waals surface area contributed by atoms with Gasteiger partial charge in [-0.25, -0.2) is 15.0 Å². The Hall–Kier alpha value is -2.98. The number of amides is 1. The Morgan fingerprint density at radius 1 is 1.15 bits per heavy atom. The number of benzene rings is 1. The Bertz CT molecular complexity index is 1330. The summed E-state index contributed by atoms with van der Waals surface area (Å²) in [5, 5.41) is 6.48. The summed E-state index contributed by atoms with van der Waals surface area (Å²) in [5.74, 6) is 1.15. The first-order chi connectivity index (χ1) is 16.5. The van der Waals surface area contributed by atoms with E-state index in [2.05, 4.69) is 25.6 Å². The van der Waals surface area contributed by atoms with Crippen LogP contribution in [0.5, 0.6) is 0 Å². The van der Waals surface area contributed by atoms with E-state index in [0.29, 0.717) is 31.8 Å². The lowest BCUT2D eigenvalue weighted by atomic mass is 9.98. The van der Waals surface area contributed by atoms with Gasteiger partial charge in [0.25, 0.3) is 0 Å². The Morgan fingerprint density at radius 3 is 2.59 bits per heavy atom. The molecule has 1 aliphatic heterocycles. The highest BCUT2D eigenvalue weighted by Gasteiger charge is 2.24. The quantitative estimate of drug-likeness (QED) is 0.280. The third-order valence-corrected chi connectivity index (χ3v) is 7.19. The number of rotatable bonds is 6. The first-order valence-electron chi connectivity index (χ1n) is 10.7. The zero-order valence-electron chi connectivity index (χ0n) is 17.9. The minimum atomic E-state index is -0.497. The van der Waals surface area contributed by atoms with Crippen LogP contribution in [0.2, 0.25) is 8.67 Å². The molecule has 0 saturated carbocycles. The molecule has 0 radical (unpaired) electrons. The molecule has 4 aromatic rings. The number of aromatic amines is 1. The zero-order valence-corrected chi connectivity index (χ0v) is 20.3. The van der Waals surface area contributed by atoms with Crippen molar-refractivity contribution in [2.45, 2.75) is 18.8 Å². The maximum Gasteiger partial charge on any atom is 0.248 e. The minimum Gasteiger partial charge on any atom is -0.366 e. The van der Waals surface area contributed by atoms with Crippen molar-refractivity contribution in [1.29, 1.82) is 0 Å². The fourth-order valence-corrected chi connectivity index (χ4v) is 5.47. The van der Waals surface area contributed by atoms with Gasteiger partial charge in [0.05, 0.1) is 15.7 Å². The minimum absolute atomic E-state index is 0.334. The molecule has 8 nitrogen and oxygen atoms in total. The second-order valence-electron chi connectivity index (χ2n) is 7.97. The monoisotopic (exact) mass is 513 g/mol. The molecule has 11 heteroatoms. The summed E-state index contributed by atoms with van der Waals surface area (Å²) in [6, 6.07) is 8.70. The summed E-state index contributed by atoms with van der Waals surface area (Å²) < 4.78 is 1.21. The molecule has 5 rings (SSSR count). The maximum atomic E-state index is 11.4. The molecule has 0 spiro atoms. The normalized spacial score (nSPS) is 14.3. The van der Waals surface area contributed by atoms with Crippen molar-refractivity contribution in [1.82, 2.24) is 25.3 Å². The molecule has 0 aliphatic carbocycles. The van der Waals surface area contributed by atoms with E-state index in [9.17, 15) is 4.79 Å². The average molecular weight is 514 g/mol. The first kappa shape index (κ1) is 22.8. The number of nitrogens with zero attached hydrogens (tertiary/aromatic N) is 3. The second kappa shape index (κ2) is 9.71. The number of aromatic nitrogens is 4. The molecular formula is C23H21Cl2N7OS. The molecule has 34 heavy (non-hydrogen) atoms. The van der Waals surface area contributed by atoms with Crippen molar-refractivity contribution in [2.75, 3.05) is 18.4 Å². The standard InChI is InChI=1S/C23H21Cl2N7OS/c24-17-9-16(20(25)34-17)19-18(31-22(32-19)12-4-6-27-7-5-12)14-10-28-23(29-11-14)30-15-3-1-2-13(8-15)21(26)33/h1-3,8-12,27H,4-7H2,(H2,26,33)(H,31,32)(H,28,29,30). The topological polar surface area (TPSA) is 122 Å². The molecule has 1 amide bonds. The molecule has 1 aliphatic rings. The number of H-pyrrole nitrogens is 1. The first-order valence-corrected chi connectivity index (χ1v) is 12.3. The Morgan fingerprint density at radius 2 is 1.91 bits per heavy atom. The van der Waals surface area contributed by atoms with Gasteiger partial charge in [0, 0.05) is 40.7 Å². The van der Waals surface area contributed by atoms with Crippen LogP contribution in [0, 0.1) is 0 Å². The SMILES string of the molecule is NC(=O)c1cccc(Nc2ncc(-c3nc(C4CCNCC4)[nH]c3-c3cc(Cl)sc3Cl)cn2)c1. The van der Waals surface area contributed by atoms with E-state index < -0.39 is 5.91 Å². The molecule has 3 aromatic heterocycles.